The Labute approximate surface area is 260 Å². The fourth-order valence-corrected chi connectivity index (χ4v) is 3.46. The highest BCUT2D eigenvalue weighted by Crippen LogP contribution is 2.07. The molecule has 0 radical (unpaired) electrons. The summed E-state index contributed by atoms with van der Waals surface area (Å²) >= 11 is 0. The lowest BCUT2D eigenvalue weighted by molar-refractivity contribution is -0.155. The Kier molecular flexibility index (Phi) is 14.8. The predicted molar refractivity (Wildman–Crippen MR) is 155 cm³/mol. The monoisotopic (exact) mass is 638 g/mol. The number of nitrogens with zero attached hydrogens (tertiary/aromatic N) is 1. The van der Waals surface area contributed by atoms with Gasteiger partial charge in [-0.25, -0.2) is 0 Å². The lowest BCUT2D eigenvalue weighted by Crippen LogP contribution is -2.50. The smallest absolute Gasteiger partial charge is 0.325 e. The predicted octanol–water partition coefficient (Wildman–Crippen LogP) is -2.29. The van der Waals surface area contributed by atoms with E-state index in [-0.39, 0.29) is 25.8 Å². The van der Waals surface area contributed by atoms with Gasteiger partial charge < -0.3 is 36.1 Å². The molecule has 7 amide bonds. The summed E-state index contributed by atoms with van der Waals surface area (Å²) < 4.78 is 10.1. The Morgan fingerprint density at radius 2 is 1.09 bits per heavy atom. The maximum atomic E-state index is 12.8. The highest BCUT2D eigenvalue weighted by Gasteiger charge is 2.26. The lowest BCUT2D eigenvalue weighted by atomic mass is 10.1. The normalized spacial score (nSPS) is 13.4. The third-order valence-corrected chi connectivity index (χ3v) is 5.34. The minimum atomic E-state index is -1.33. The van der Waals surface area contributed by atoms with Gasteiger partial charge >= 0.3 is 11.9 Å². The molecule has 0 aromatic heterocycles. The van der Waals surface area contributed by atoms with Crippen LogP contribution in [-0.4, -0.2) is 108 Å². The SMILES string of the molecule is CC(C)(C)OC(=O)CNC(=O)CNC(=O)CC[C@H](NC(=O)CCN1C(=O)C=CC1=O)C(=O)NCC(=O)NCC(=O)OC(C)(C)C. The lowest BCUT2D eigenvalue weighted by Gasteiger charge is -2.20. The van der Waals surface area contributed by atoms with Gasteiger partial charge in [-0.15, -0.1) is 0 Å². The molecule has 17 nitrogen and oxygen atoms in total. The van der Waals surface area contributed by atoms with Gasteiger partial charge in [0.25, 0.3) is 11.8 Å². The van der Waals surface area contributed by atoms with Gasteiger partial charge in [-0.2, -0.15) is 0 Å². The van der Waals surface area contributed by atoms with E-state index in [1.165, 1.54) is 0 Å². The van der Waals surface area contributed by atoms with Crippen LogP contribution in [0.5, 0.6) is 0 Å². The van der Waals surface area contributed by atoms with E-state index in [9.17, 15) is 43.2 Å². The van der Waals surface area contributed by atoms with E-state index >= 15 is 0 Å². The van der Waals surface area contributed by atoms with Gasteiger partial charge in [0.2, 0.25) is 29.5 Å². The van der Waals surface area contributed by atoms with Gasteiger partial charge in [0.05, 0.1) is 13.1 Å². The third kappa shape index (κ3) is 17.2. The van der Waals surface area contributed by atoms with Crippen molar-refractivity contribution in [2.45, 2.75) is 78.0 Å². The number of amides is 7. The Hall–Kier alpha value is -4.83. The van der Waals surface area contributed by atoms with E-state index < -0.39 is 96.7 Å². The van der Waals surface area contributed by atoms with Crippen molar-refractivity contribution >= 4 is 53.3 Å². The molecule has 0 aromatic rings. The Balaban J connectivity index is 2.66. The zero-order valence-corrected chi connectivity index (χ0v) is 26.3. The number of carbonyl (C=O) groups excluding carboxylic acids is 9. The molecule has 1 atom stereocenters. The van der Waals surface area contributed by atoms with Crippen LogP contribution in [0.3, 0.4) is 0 Å². The zero-order valence-electron chi connectivity index (χ0n) is 26.3. The number of rotatable bonds is 16. The molecule has 0 aromatic carbocycles. The summed E-state index contributed by atoms with van der Waals surface area (Å²) in [6.45, 7) is 7.80. The van der Waals surface area contributed by atoms with Gasteiger partial charge in [-0.05, 0) is 48.0 Å². The van der Waals surface area contributed by atoms with Crippen molar-refractivity contribution in [1.29, 1.82) is 0 Å². The first kappa shape index (κ1) is 38.2. The van der Waals surface area contributed by atoms with Crippen LogP contribution in [0.25, 0.3) is 0 Å². The quantitative estimate of drug-likeness (QED) is 0.0891. The van der Waals surface area contributed by atoms with Crippen molar-refractivity contribution in [3.05, 3.63) is 12.2 Å². The number of ether oxygens (including phenoxy) is 2. The molecule has 17 heteroatoms. The second kappa shape index (κ2) is 17.5. The summed E-state index contributed by atoms with van der Waals surface area (Å²) in [5.74, 6) is -6.17. The average Bonchev–Trinajstić information content (AvgIpc) is 3.23. The molecule has 1 aliphatic rings. The van der Waals surface area contributed by atoms with Gasteiger partial charge in [0.1, 0.15) is 30.3 Å². The number of imide groups is 1. The van der Waals surface area contributed by atoms with Crippen LogP contribution in [0, 0.1) is 0 Å². The van der Waals surface area contributed by atoms with Crippen LogP contribution in [0.15, 0.2) is 12.2 Å². The van der Waals surface area contributed by atoms with Crippen molar-refractivity contribution in [2.24, 2.45) is 0 Å². The molecule has 0 unspecified atom stereocenters. The van der Waals surface area contributed by atoms with E-state index in [1.807, 2.05) is 0 Å². The zero-order chi connectivity index (χ0) is 34.4. The number of hydrogen-bond acceptors (Lipinski definition) is 11. The molecule has 0 fully saturated rings. The molecule has 45 heavy (non-hydrogen) atoms. The van der Waals surface area contributed by atoms with Gasteiger partial charge in [0.15, 0.2) is 0 Å². The highest BCUT2D eigenvalue weighted by molar-refractivity contribution is 6.13. The molecule has 1 aliphatic heterocycles. The van der Waals surface area contributed by atoms with E-state index in [0.29, 0.717) is 0 Å². The van der Waals surface area contributed by atoms with Crippen molar-refractivity contribution in [3.63, 3.8) is 0 Å². The van der Waals surface area contributed by atoms with Crippen molar-refractivity contribution in [1.82, 2.24) is 31.5 Å². The average molecular weight is 639 g/mol. The summed E-state index contributed by atoms with van der Waals surface area (Å²) in [5, 5.41) is 11.6. The van der Waals surface area contributed by atoms with Crippen LogP contribution in [-0.2, 0) is 52.6 Å². The van der Waals surface area contributed by atoms with E-state index in [1.54, 1.807) is 41.5 Å². The van der Waals surface area contributed by atoms with Crippen molar-refractivity contribution in [3.8, 4) is 0 Å². The first-order chi connectivity index (χ1) is 20.8. The molecule has 1 heterocycles. The molecule has 0 spiro atoms. The Morgan fingerprint density at radius 1 is 0.644 bits per heavy atom. The van der Waals surface area contributed by atoms with E-state index in [4.69, 9.17) is 9.47 Å². The van der Waals surface area contributed by atoms with Crippen LogP contribution < -0.4 is 26.6 Å². The Morgan fingerprint density at radius 3 is 1.56 bits per heavy atom. The number of hydrogen-bond donors (Lipinski definition) is 5. The molecular weight excluding hydrogens is 596 g/mol. The fourth-order valence-electron chi connectivity index (χ4n) is 3.46. The summed E-state index contributed by atoms with van der Waals surface area (Å²) in [6.07, 6.45) is 1.17. The van der Waals surface area contributed by atoms with Gasteiger partial charge in [-0.3, -0.25) is 48.1 Å². The van der Waals surface area contributed by atoms with Crippen LogP contribution in [0.1, 0.15) is 60.8 Å². The summed E-state index contributed by atoms with van der Waals surface area (Å²) in [7, 11) is 0. The molecule has 1 rings (SSSR count). The van der Waals surface area contributed by atoms with Gasteiger partial charge in [-0.1, -0.05) is 0 Å². The molecular formula is C28H42N6O11. The summed E-state index contributed by atoms with van der Waals surface area (Å²) in [6, 6.07) is -1.33. The van der Waals surface area contributed by atoms with Gasteiger partial charge in [0, 0.05) is 31.5 Å². The number of carbonyl (C=O) groups is 9. The maximum Gasteiger partial charge on any atom is 0.325 e. The molecule has 0 aliphatic carbocycles. The molecule has 0 saturated heterocycles. The topological polar surface area (TPSA) is 235 Å². The van der Waals surface area contributed by atoms with Crippen molar-refractivity contribution in [2.75, 3.05) is 32.7 Å². The standard InChI is InChI=1S/C28H42N6O11/c1-27(2,3)44-24(41)15-30-20(37)13-29-18(35)8-7-17(33-19(36)11-12-34-22(39)9-10-23(34)40)26(43)32-14-21(38)31-16-25(42)45-28(4,5)6/h9-10,17H,7-8,11-16H2,1-6H3,(H,29,35)(H,30,37)(H,31,38)(H,32,43)(H,33,36)/t17-/m0/s1. The maximum absolute atomic E-state index is 12.8. The van der Waals surface area contributed by atoms with Crippen LogP contribution in [0.2, 0.25) is 0 Å². The van der Waals surface area contributed by atoms with E-state index in [2.05, 4.69) is 26.6 Å². The van der Waals surface area contributed by atoms with Crippen LogP contribution >= 0.6 is 0 Å². The summed E-state index contributed by atoms with van der Waals surface area (Å²) in [5.41, 5.74) is -1.50. The number of esters is 2. The first-order valence-corrected chi connectivity index (χ1v) is 14.1. The highest BCUT2D eigenvalue weighted by atomic mass is 16.6. The van der Waals surface area contributed by atoms with E-state index in [0.717, 1.165) is 17.1 Å². The van der Waals surface area contributed by atoms with Crippen LogP contribution in [0.4, 0.5) is 0 Å². The fraction of sp³-hybridized carbons (Fsp3) is 0.607. The molecule has 0 bridgehead atoms. The minimum Gasteiger partial charge on any atom is -0.459 e. The minimum absolute atomic E-state index is 0.253. The first-order valence-electron chi connectivity index (χ1n) is 14.1. The molecule has 250 valence electrons. The largest absolute Gasteiger partial charge is 0.459 e. The molecule has 0 saturated carbocycles. The second-order valence-electron chi connectivity index (χ2n) is 11.8. The number of nitrogens with one attached hydrogen (secondary N) is 5. The second-order valence-corrected chi connectivity index (χ2v) is 11.8. The Bertz CT molecular complexity index is 1180. The molecule has 5 N–H and O–H groups in total. The third-order valence-electron chi connectivity index (χ3n) is 5.34. The van der Waals surface area contributed by atoms with Crippen molar-refractivity contribution < 1.29 is 52.6 Å². The summed E-state index contributed by atoms with van der Waals surface area (Å²) in [4.78, 5) is 110.